The molecule has 5 nitrogen and oxygen atoms in total. The molecule has 0 atom stereocenters. The fraction of sp³-hybridized carbons (Fsp3) is 0.0952. The van der Waals surface area contributed by atoms with Gasteiger partial charge >= 0.3 is 0 Å². The van der Waals surface area contributed by atoms with Crippen LogP contribution in [0.15, 0.2) is 71.6 Å². The molecular formula is C21H18F2N2O3S. The number of hydrogen-bond acceptors (Lipinski definition) is 3. The Labute approximate surface area is 167 Å². The number of rotatable bonds is 6. The first-order valence-electron chi connectivity index (χ1n) is 8.66. The van der Waals surface area contributed by atoms with Crippen LogP contribution in [0.4, 0.5) is 14.5 Å². The van der Waals surface area contributed by atoms with Crippen LogP contribution < -0.4 is 10.0 Å². The van der Waals surface area contributed by atoms with Crippen LogP contribution in [0.2, 0.25) is 0 Å². The molecule has 0 aliphatic heterocycles. The molecule has 3 aromatic rings. The lowest BCUT2D eigenvalue weighted by molar-refractivity contribution is 0.102. The highest BCUT2D eigenvalue weighted by molar-refractivity contribution is 7.89. The number of carbonyl (C=O) groups excluding carboxylic acids is 1. The highest BCUT2D eigenvalue weighted by Gasteiger charge is 2.17. The van der Waals surface area contributed by atoms with Crippen molar-refractivity contribution in [2.24, 2.45) is 0 Å². The standard InChI is InChI=1S/C21H18F2N2O3S/c1-14-2-4-15(5-3-14)13-24-29(27,28)18-10-11-20(19(23)12-18)25-21(26)16-6-8-17(22)9-7-16/h2-12,24H,13H2,1H3,(H,25,26). The van der Waals surface area contributed by atoms with E-state index in [2.05, 4.69) is 10.0 Å². The van der Waals surface area contributed by atoms with Crippen molar-refractivity contribution in [1.82, 2.24) is 4.72 Å². The van der Waals surface area contributed by atoms with Gasteiger partial charge in [-0.1, -0.05) is 29.8 Å². The Bertz CT molecular complexity index is 1130. The molecule has 8 heteroatoms. The summed E-state index contributed by atoms with van der Waals surface area (Å²) in [5, 5.41) is 2.34. The Morgan fingerprint density at radius 1 is 0.931 bits per heavy atom. The molecule has 0 aliphatic rings. The lowest BCUT2D eigenvalue weighted by Gasteiger charge is -2.10. The predicted octanol–water partition coefficient (Wildman–Crippen LogP) is 4.00. The number of anilines is 1. The van der Waals surface area contributed by atoms with Crippen molar-refractivity contribution < 1.29 is 22.0 Å². The van der Waals surface area contributed by atoms with Gasteiger partial charge < -0.3 is 5.32 Å². The molecule has 0 fully saturated rings. The fourth-order valence-corrected chi connectivity index (χ4v) is 3.56. The van der Waals surface area contributed by atoms with Gasteiger partial charge in [0.25, 0.3) is 5.91 Å². The predicted molar refractivity (Wildman–Crippen MR) is 106 cm³/mol. The topological polar surface area (TPSA) is 75.3 Å². The number of amides is 1. The van der Waals surface area contributed by atoms with Gasteiger partial charge in [0.2, 0.25) is 10.0 Å². The van der Waals surface area contributed by atoms with E-state index < -0.39 is 27.6 Å². The van der Waals surface area contributed by atoms with Crippen LogP contribution in [0.25, 0.3) is 0 Å². The van der Waals surface area contributed by atoms with E-state index in [1.807, 2.05) is 19.1 Å². The average Bonchev–Trinajstić information content (AvgIpc) is 2.69. The average molecular weight is 416 g/mol. The summed E-state index contributed by atoms with van der Waals surface area (Å²) in [6.45, 7) is 1.99. The van der Waals surface area contributed by atoms with E-state index in [-0.39, 0.29) is 22.7 Å². The Balaban J connectivity index is 1.71. The summed E-state index contributed by atoms with van der Waals surface area (Å²) >= 11 is 0. The number of aryl methyl sites for hydroxylation is 1. The third-order valence-corrected chi connectivity index (χ3v) is 5.59. The largest absolute Gasteiger partial charge is 0.319 e. The van der Waals surface area contributed by atoms with Gasteiger partial charge in [-0.15, -0.1) is 0 Å². The fourth-order valence-electron chi connectivity index (χ4n) is 2.53. The molecule has 3 rings (SSSR count). The zero-order valence-corrected chi connectivity index (χ0v) is 16.3. The summed E-state index contributed by atoms with van der Waals surface area (Å²) in [6, 6.07) is 15.3. The van der Waals surface area contributed by atoms with Crippen LogP contribution in [0.3, 0.4) is 0 Å². The summed E-state index contributed by atoms with van der Waals surface area (Å²) in [5.74, 6) is -2.05. The van der Waals surface area contributed by atoms with Crippen LogP contribution in [0, 0.1) is 18.6 Å². The minimum absolute atomic E-state index is 0.0628. The van der Waals surface area contributed by atoms with Crippen LogP contribution in [0.5, 0.6) is 0 Å². The molecule has 0 heterocycles. The number of halogens is 2. The molecule has 3 aromatic carbocycles. The smallest absolute Gasteiger partial charge is 0.255 e. The third-order valence-electron chi connectivity index (χ3n) is 4.19. The highest BCUT2D eigenvalue weighted by Crippen LogP contribution is 2.20. The molecule has 2 N–H and O–H groups in total. The van der Waals surface area contributed by atoms with Crippen LogP contribution >= 0.6 is 0 Å². The SMILES string of the molecule is Cc1ccc(CNS(=O)(=O)c2ccc(NC(=O)c3ccc(F)cc3)c(F)c2)cc1. The van der Waals surface area contributed by atoms with E-state index in [1.165, 1.54) is 18.2 Å². The van der Waals surface area contributed by atoms with Crippen LogP contribution in [-0.2, 0) is 16.6 Å². The first kappa shape index (κ1) is 20.6. The van der Waals surface area contributed by atoms with E-state index in [9.17, 15) is 22.0 Å². The Kier molecular flexibility index (Phi) is 6.05. The molecule has 0 bridgehead atoms. The maximum absolute atomic E-state index is 14.4. The monoisotopic (exact) mass is 416 g/mol. The lowest BCUT2D eigenvalue weighted by atomic mass is 10.2. The molecule has 0 aliphatic carbocycles. The Morgan fingerprint density at radius 3 is 2.21 bits per heavy atom. The van der Waals surface area contributed by atoms with Gasteiger partial charge in [-0.25, -0.2) is 21.9 Å². The maximum atomic E-state index is 14.4. The second-order valence-corrected chi connectivity index (χ2v) is 8.18. The second-order valence-electron chi connectivity index (χ2n) is 6.41. The van der Waals surface area contributed by atoms with Crippen molar-refractivity contribution >= 4 is 21.6 Å². The zero-order chi connectivity index (χ0) is 21.0. The highest BCUT2D eigenvalue weighted by atomic mass is 32.2. The van der Waals surface area contributed by atoms with Crippen molar-refractivity contribution in [1.29, 1.82) is 0 Å². The van der Waals surface area contributed by atoms with Crippen molar-refractivity contribution in [2.45, 2.75) is 18.4 Å². The van der Waals surface area contributed by atoms with Crippen molar-refractivity contribution in [3.63, 3.8) is 0 Å². The number of sulfonamides is 1. The summed E-state index contributed by atoms with van der Waals surface area (Å²) in [4.78, 5) is 11.8. The van der Waals surface area contributed by atoms with Crippen molar-refractivity contribution in [2.75, 3.05) is 5.32 Å². The van der Waals surface area contributed by atoms with Gasteiger partial charge in [-0.2, -0.15) is 0 Å². The first-order chi connectivity index (χ1) is 13.7. The first-order valence-corrected chi connectivity index (χ1v) is 10.1. The van der Waals surface area contributed by atoms with Gasteiger partial charge in [-0.05, 0) is 55.0 Å². The Hall–Kier alpha value is -3.10. The molecule has 0 unspecified atom stereocenters. The number of nitrogens with one attached hydrogen (secondary N) is 2. The normalized spacial score (nSPS) is 11.3. The molecule has 29 heavy (non-hydrogen) atoms. The van der Waals surface area contributed by atoms with Gasteiger partial charge in [0.1, 0.15) is 11.6 Å². The van der Waals surface area contributed by atoms with Gasteiger partial charge in [-0.3, -0.25) is 4.79 Å². The molecule has 150 valence electrons. The van der Waals surface area contributed by atoms with Crippen LogP contribution in [0.1, 0.15) is 21.5 Å². The van der Waals surface area contributed by atoms with Crippen molar-refractivity contribution in [3.8, 4) is 0 Å². The van der Waals surface area contributed by atoms with Gasteiger partial charge in [0.05, 0.1) is 10.6 Å². The molecule has 0 saturated heterocycles. The summed E-state index contributed by atoms with van der Waals surface area (Å²) < 4.78 is 54.5. The van der Waals surface area contributed by atoms with Crippen LogP contribution in [-0.4, -0.2) is 14.3 Å². The maximum Gasteiger partial charge on any atom is 0.255 e. The minimum Gasteiger partial charge on any atom is -0.319 e. The molecule has 0 saturated carbocycles. The van der Waals surface area contributed by atoms with Gasteiger partial charge in [0, 0.05) is 12.1 Å². The van der Waals surface area contributed by atoms with Gasteiger partial charge in [0.15, 0.2) is 0 Å². The van der Waals surface area contributed by atoms with E-state index in [0.29, 0.717) is 0 Å². The number of benzene rings is 3. The third kappa shape index (κ3) is 5.24. The lowest BCUT2D eigenvalue weighted by Crippen LogP contribution is -2.23. The Morgan fingerprint density at radius 2 is 1.59 bits per heavy atom. The van der Waals surface area contributed by atoms with E-state index in [1.54, 1.807) is 12.1 Å². The molecule has 0 aromatic heterocycles. The van der Waals surface area contributed by atoms with E-state index in [4.69, 9.17) is 0 Å². The number of carbonyl (C=O) groups is 1. The summed E-state index contributed by atoms with van der Waals surface area (Å²) in [6.07, 6.45) is 0. The van der Waals surface area contributed by atoms with Crippen molar-refractivity contribution in [3.05, 3.63) is 95.1 Å². The second kappa shape index (κ2) is 8.50. The van der Waals surface area contributed by atoms with E-state index in [0.717, 1.165) is 35.4 Å². The summed E-state index contributed by atoms with van der Waals surface area (Å²) in [7, 11) is -3.94. The number of hydrogen-bond donors (Lipinski definition) is 2. The summed E-state index contributed by atoms with van der Waals surface area (Å²) in [5.41, 5.74) is 1.78. The molecular weight excluding hydrogens is 398 g/mol. The zero-order valence-electron chi connectivity index (χ0n) is 15.4. The molecule has 0 radical (unpaired) electrons. The molecule has 1 amide bonds. The molecule has 0 spiro atoms. The van der Waals surface area contributed by atoms with E-state index >= 15 is 0 Å². The minimum atomic E-state index is -3.94. The quantitative estimate of drug-likeness (QED) is 0.638.